The van der Waals surface area contributed by atoms with Gasteiger partial charge in [-0.05, 0) is 39.4 Å². The van der Waals surface area contributed by atoms with Crippen LogP contribution in [0.1, 0.15) is 30.6 Å². The molecule has 0 saturated carbocycles. The van der Waals surface area contributed by atoms with E-state index in [9.17, 15) is 9.90 Å². The van der Waals surface area contributed by atoms with Crippen molar-refractivity contribution < 1.29 is 9.90 Å². The maximum Gasteiger partial charge on any atom is 0.179 e. The monoisotopic (exact) mass is 269 g/mol. The van der Waals surface area contributed by atoms with Crippen molar-refractivity contribution in [2.24, 2.45) is 0 Å². The maximum atomic E-state index is 12.2. The van der Waals surface area contributed by atoms with Crippen LogP contribution in [0.25, 0.3) is 0 Å². The van der Waals surface area contributed by atoms with Gasteiger partial charge in [-0.2, -0.15) is 0 Å². The minimum atomic E-state index is -0.346. The summed E-state index contributed by atoms with van der Waals surface area (Å²) in [6.45, 7) is 4.30. The second-order valence-corrected chi connectivity index (χ2v) is 5.11. The van der Waals surface area contributed by atoms with Crippen LogP contribution in [-0.4, -0.2) is 41.5 Å². The van der Waals surface area contributed by atoms with Crippen LogP contribution in [0.15, 0.2) is 24.3 Å². The molecule has 0 aliphatic heterocycles. The number of ketones is 1. The molecular weight excluding hydrogens is 250 g/mol. The molecular formula is C14H20ClNO2. The van der Waals surface area contributed by atoms with E-state index >= 15 is 0 Å². The molecule has 1 rings (SSSR count). The topological polar surface area (TPSA) is 40.5 Å². The van der Waals surface area contributed by atoms with Gasteiger partial charge in [-0.25, -0.2) is 0 Å². The van der Waals surface area contributed by atoms with Crippen molar-refractivity contribution in [3.8, 4) is 0 Å². The van der Waals surface area contributed by atoms with Crippen LogP contribution in [0.4, 0.5) is 0 Å². The summed E-state index contributed by atoms with van der Waals surface area (Å²) in [5, 5.41) is 9.82. The largest absolute Gasteiger partial charge is 0.393 e. The zero-order valence-corrected chi connectivity index (χ0v) is 11.8. The molecule has 0 aliphatic rings. The highest BCUT2D eigenvalue weighted by Crippen LogP contribution is 2.14. The lowest BCUT2D eigenvalue weighted by Gasteiger charge is -2.24. The van der Waals surface area contributed by atoms with Crippen molar-refractivity contribution >= 4 is 17.4 Å². The van der Waals surface area contributed by atoms with Crippen LogP contribution in [0, 0.1) is 0 Å². The summed E-state index contributed by atoms with van der Waals surface area (Å²) in [6.07, 6.45) is 0.310. The third-order valence-corrected chi connectivity index (χ3v) is 3.28. The summed E-state index contributed by atoms with van der Waals surface area (Å²) >= 11 is 5.88. The number of aliphatic hydroxyl groups is 1. The SMILES string of the molecule is CC(O)CCN(C)C(C)C(=O)c1cccc(Cl)c1. The number of carbonyl (C=O) groups excluding carboxylic acids is 1. The summed E-state index contributed by atoms with van der Waals surface area (Å²) in [5.41, 5.74) is 0.624. The molecule has 3 nitrogen and oxygen atoms in total. The fourth-order valence-corrected chi connectivity index (χ4v) is 1.86. The Kier molecular flexibility index (Phi) is 5.79. The fraction of sp³-hybridized carbons (Fsp3) is 0.500. The van der Waals surface area contributed by atoms with Crippen molar-refractivity contribution in [2.45, 2.75) is 32.4 Å². The molecule has 100 valence electrons. The third-order valence-electron chi connectivity index (χ3n) is 3.05. The van der Waals surface area contributed by atoms with Gasteiger partial charge in [0.05, 0.1) is 12.1 Å². The number of benzene rings is 1. The Morgan fingerprint density at radius 2 is 2.11 bits per heavy atom. The average Bonchev–Trinajstić information content (AvgIpc) is 2.34. The van der Waals surface area contributed by atoms with Crippen LogP contribution in [0.2, 0.25) is 5.02 Å². The van der Waals surface area contributed by atoms with Gasteiger partial charge in [0, 0.05) is 17.1 Å². The van der Waals surface area contributed by atoms with Crippen molar-refractivity contribution in [3.05, 3.63) is 34.9 Å². The number of aliphatic hydroxyl groups excluding tert-OH is 1. The van der Waals surface area contributed by atoms with Gasteiger partial charge in [0.25, 0.3) is 0 Å². The summed E-state index contributed by atoms with van der Waals surface area (Å²) in [4.78, 5) is 14.2. The molecule has 4 heteroatoms. The lowest BCUT2D eigenvalue weighted by Crippen LogP contribution is -2.37. The summed E-state index contributed by atoms with van der Waals surface area (Å²) in [5.74, 6) is 0.0468. The third kappa shape index (κ3) is 4.41. The molecule has 0 aliphatic carbocycles. The number of carbonyl (C=O) groups is 1. The zero-order chi connectivity index (χ0) is 13.7. The van der Waals surface area contributed by atoms with Crippen LogP contribution < -0.4 is 0 Å². The number of Topliss-reactive ketones (excluding diaryl/α,β-unsaturated/α-hetero) is 1. The Balaban J connectivity index is 2.66. The Morgan fingerprint density at radius 1 is 1.44 bits per heavy atom. The Labute approximate surface area is 113 Å². The maximum absolute atomic E-state index is 12.2. The van der Waals surface area contributed by atoms with Gasteiger partial charge in [0.1, 0.15) is 0 Å². The van der Waals surface area contributed by atoms with Gasteiger partial charge in [-0.1, -0.05) is 23.7 Å². The van der Waals surface area contributed by atoms with Crippen LogP contribution >= 0.6 is 11.6 Å². The molecule has 1 aromatic carbocycles. The Morgan fingerprint density at radius 3 is 2.67 bits per heavy atom. The molecule has 0 heterocycles. The number of halogens is 1. The second kappa shape index (κ2) is 6.88. The average molecular weight is 270 g/mol. The van der Waals surface area contributed by atoms with E-state index in [1.165, 1.54) is 0 Å². The van der Waals surface area contributed by atoms with Gasteiger partial charge >= 0.3 is 0 Å². The van der Waals surface area contributed by atoms with Crippen molar-refractivity contribution in [2.75, 3.05) is 13.6 Å². The summed E-state index contributed by atoms with van der Waals surface area (Å²) < 4.78 is 0. The molecule has 0 bridgehead atoms. The first-order chi connectivity index (χ1) is 8.41. The van der Waals surface area contributed by atoms with E-state index < -0.39 is 0 Å². The molecule has 1 aromatic rings. The van der Waals surface area contributed by atoms with Gasteiger partial charge in [-0.15, -0.1) is 0 Å². The first-order valence-electron chi connectivity index (χ1n) is 6.10. The second-order valence-electron chi connectivity index (χ2n) is 4.67. The van der Waals surface area contributed by atoms with Gasteiger partial charge in [0.15, 0.2) is 5.78 Å². The summed E-state index contributed by atoms with van der Waals surface area (Å²) in [6, 6.07) is 6.76. The smallest absolute Gasteiger partial charge is 0.179 e. The van der Waals surface area contributed by atoms with E-state index in [2.05, 4.69) is 0 Å². The Hall–Kier alpha value is -0.900. The van der Waals surface area contributed by atoms with Gasteiger partial charge in [-0.3, -0.25) is 9.69 Å². The van der Waals surface area contributed by atoms with Crippen molar-refractivity contribution in [1.29, 1.82) is 0 Å². The predicted octanol–water partition coefficient (Wildman–Crippen LogP) is 2.61. The van der Waals surface area contributed by atoms with Crippen molar-refractivity contribution in [1.82, 2.24) is 4.90 Å². The van der Waals surface area contributed by atoms with E-state index in [1.807, 2.05) is 18.9 Å². The summed E-state index contributed by atoms with van der Waals surface area (Å²) in [7, 11) is 1.88. The molecule has 18 heavy (non-hydrogen) atoms. The quantitative estimate of drug-likeness (QED) is 0.807. The lowest BCUT2D eigenvalue weighted by atomic mass is 10.0. The molecule has 0 radical (unpaired) electrons. The molecule has 1 N–H and O–H groups in total. The molecule has 0 fully saturated rings. The first kappa shape index (κ1) is 15.2. The van der Waals surface area contributed by atoms with Gasteiger partial charge < -0.3 is 5.11 Å². The number of hydrogen-bond donors (Lipinski definition) is 1. The van der Waals surface area contributed by atoms with Crippen LogP contribution in [-0.2, 0) is 0 Å². The van der Waals surface area contributed by atoms with E-state index in [4.69, 9.17) is 11.6 Å². The number of hydrogen-bond acceptors (Lipinski definition) is 3. The van der Waals surface area contributed by atoms with Crippen LogP contribution in [0.5, 0.6) is 0 Å². The first-order valence-corrected chi connectivity index (χ1v) is 6.47. The highest BCUT2D eigenvalue weighted by Gasteiger charge is 2.19. The molecule has 0 aromatic heterocycles. The van der Waals surface area contributed by atoms with E-state index in [1.54, 1.807) is 31.2 Å². The van der Waals surface area contributed by atoms with Gasteiger partial charge in [0.2, 0.25) is 0 Å². The molecule has 0 amide bonds. The highest BCUT2D eigenvalue weighted by molar-refractivity contribution is 6.31. The normalized spacial score (nSPS) is 14.6. The molecule has 0 spiro atoms. The molecule has 0 saturated heterocycles. The van der Waals surface area contributed by atoms with Crippen LogP contribution in [0.3, 0.4) is 0 Å². The zero-order valence-electron chi connectivity index (χ0n) is 11.1. The highest BCUT2D eigenvalue weighted by atomic mass is 35.5. The minimum Gasteiger partial charge on any atom is -0.393 e. The number of likely N-dealkylation sites (N-methyl/N-ethyl adjacent to an activating group) is 1. The van der Waals surface area contributed by atoms with E-state index in [0.29, 0.717) is 23.6 Å². The van der Waals surface area contributed by atoms with E-state index in [-0.39, 0.29) is 17.9 Å². The predicted molar refractivity (Wildman–Crippen MR) is 74.2 cm³/mol. The fourth-order valence-electron chi connectivity index (χ4n) is 1.67. The van der Waals surface area contributed by atoms with Crippen molar-refractivity contribution in [3.63, 3.8) is 0 Å². The number of nitrogens with zero attached hydrogens (tertiary/aromatic N) is 1. The minimum absolute atomic E-state index is 0.0468. The molecule has 2 unspecified atom stereocenters. The van der Waals surface area contributed by atoms with E-state index in [0.717, 1.165) is 0 Å². The standard InChI is InChI=1S/C14H20ClNO2/c1-10(17)7-8-16(3)11(2)14(18)12-5-4-6-13(15)9-12/h4-6,9-11,17H,7-8H2,1-3H3. The lowest BCUT2D eigenvalue weighted by molar-refractivity contribution is 0.0844. The Bertz CT molecular complexity index is 407. The number of rotatable bonds is 6. The molecule has 2 atom stereocenters.